The number of rotatable bonds is 6. The number of alkyl halides is 2. The van der Waals surface area contributed by atoms with E-state index in [9.17, 15) is 27.3 Å². The number of hydrogen-bond acceptors (Lipinski definition) is 5. The van der Waals surface area contributed by atoms with E-state index in [1.807, 2.05) is 4.72 Å². The van der Waals surface area contributed by atoms with Crippen LogP contribution in [0.3, 0.4) is 0 Å². The minimum atomic E-state index is -4.36. The Morgan fingerprint density at radius 3 is 2.35 bits per heavy atom. The lowest BCUT2D eigenvalue weighted by molar-refractivity contribution is -0.387. The van der Waals surface area contributed by atoms with Gasteiger partial charge >= 0.3 is 6.61 Å². The second-order valence-corrected chi connectivity index (χ2v) is 5.86. The number of nitro benzene ring substituents is 1. The highest BCUT2D eigenvalue weighted by molar-refractivity contribution is 7.92. The first-order chi connectivity index (χ1) is 10.8. The lowest BCUT2D eigenvalue weighted by Gasteiger charge is -2.13. The molecule has 0 atom stereocenters. The second-order valence-electron chi connectivity index (χ2n) is 4.20. The lowest BCUT2D eigenvalue weighted by Crippen LogP contribution is -2.16. The van der Waals surface area contributed by atoms with Gasteiger partial charge in [-0.15, -0.1) is 0 Å². The van der Waals surface area contributed by atoms with Gasteiger partial charge < -0.3 is 4.74 Å². The predicted molar refractivity (Wildman–Crippen MR) is 77.0 cm³/mol. The summed E-state index contributed by atoms with van der Waals surface area (Å²) in [6, 6.07) is 9.80. The first kappa shape index (κ1) is 16.6. The lowest BCUT2D eigenvalue weighted by atomic mass is 10.3. The van der Waals surface area contributed by atoms with Crippen LogP contribution in [0.15, 0.2) is 53.4 Å². The Hall–Kier alpha value is -2.75. The number of anilines is 1. The summed E-state index contributed by atoms with van der Waals surface area (Å²) < 4.78 is 55.5. The molecule has 0 heterocycles. The van der Waals surface area contributed by atoms with Crippen molar-refractivity contribution < 1.29 is 26.9 Å². The van der Waals surface area contributed by atoms with Crippen LogP contribution in [-0.2, 0) is 10.0 Å². The molecule has 122 valence electrons. The third-order valence-corrected chi connectivity index (χ3v) is 4.11. The Morgan fingerprint density at radius 2 is 1.70 bits per heavy atom. The summed E-state index contributed by atoms with van der Waals surface area (Å²) in [7, 11) is -4.36. The van der Waals surface area contributed by atoms with Gasteiger partial charge in [0.05, 0.1) is 10.6 Å². The van der Waals surface area contributed by atoms with Gasteiger partial charge in [0.25, 0.3) is 15.7 Å². The fraction of sp³-hybridized carbons (Fsp3) is 0.0769. The molecule has 0 aromatic heterocycles. The molecule has 23 heavy (non-hydrogen) atoms. The van der Waals surface area contributed by atoms with Crippen molar-refractivity contribution in [3.63, 3.8) is 0 Å². The van der Waals surface area contributed by atoms with Crippen molar-refractivity contribution in [2.75, 3.05) is 4.72 Å². The highest BCUT2D eigenvalue weighted by Crippen LogP contribution is 2.30. The van der Waals surface area contributed by atoms with E-state index in [2.05, 4.69) is 4.74 Å². The van der Waals surface area contributed by atoms with Crippen LogP contribution < -0.4 is 9.46 Å². The molecule has 2 rings (SSSR count). The maximum Gasteiger partial charge on any atom is 0.387 e. The number of para-hydroxylation sites is 3. The van der Waals surface area contributed by atoms with Gasteiger partial charge in [0, 0.05) is 6.07 Å². The monoisotopic (exact) mass is 344 g/mol. The Bertz CT molecular complexity index is 827. The molecule has 0 unspecified atom stereocenters. The summed E-state index contributed by atoms with van der Waals surface area (Å²) in [5.41, 5.74) is -0.891. The molecule has 10 heteroatoms. The molecular weight excluding hydrogens is 334 g/mol. The molecule has 0 spiro atoms. The Kier molecular flexibility index (Phi) is 4.74. The third kappa shape index (κ3) is 3.92. The Balaban J connectivity index is 2.42. The molecule has 0 aliphatic carbocycles. The molecule has 0 radical (unpaired) electrons. The number of ether oxygens (including phenoxy) is 1. The summed E-state index contributed by atoms with van der Waals surface area (Å²) in [5.74, 6) is -0.398. The minimum Gasteiger partial charge on any atom is -0.433 e. The normalized spacial score (nSPS) is 11.3. The molecule has 0 aliphatic heterocycles. The predicted octanol–water partition coefficient (Wildman–Crippen LogP) is 3.00. The minimum absolute atomic E-state index is 0.258. The Morgan fingerprint density at radius 1 is 1.09 bits per heavy atom. The summed E-state index contributed by atoms with van der Waals surface area (Å²) in [6.07, 6.45) is 0. The molecule has 0 bridgehead atoms. The van der Waals surface area contributed by atoms with Crippen molar-refractivity contribution in [3.05, 3.63) is 58.6 Å². The average molecular weight is 344 g/mol. The van der Waals surface area contributed by atoms with Gasteiger partial charge in [0.1, 0.15) is 5.75 Å². The third-order valence-electron chi connectivity index (χ3n) is 2.70. The van der Waals surface area contributed by atoms with Crippen molar-refractivity contribution in [2.24, 2.45) is 0 Å². The van der Waals surface area contributed by atoms with Crippen molar-refractivity contribution in [2.45, 2.75) is 11.5 Å². The van der Waals surface area contributed by atoms with E-state index in [-0.39, 0.29) is 5.69 Å². The van der Waals surface area contributed by atoms with Gasteiger partial charge in [0.15, 0.2) is 4.90 Å². The van der Waals surface area contributed by atoms with Crippen LogP contribution in [0.4, 0.5) is 20.2 Å². The maximum atomic E-state index is 12.3. The molecule has 2 aromatic rings. The number of halogens is 2. The van der Waals surface area contributed by atoms with Crippen LogP contribution in [0, 0.1) is 10.1 Å². The summed E-state index contributed by atoms with van der Waals surface area (Å²) in [4.78, 5) is 9.49. The first-order valence-electron chi connectivity index (χ1n) is 6.11. The van der Waals surface area contributed by atoms with Gasteiger partial charge in [-0.05, 0) is 18.2 Å². The molecule has 0 saturated heterocycles. The quantitative estimate of drug-likeness (QED) is 0.641. The zero-order valence-electron chi connectivity index (χ0n) is 11.3. The first-order valence-corrected chi connectivity index (χ1v) is 7.59. The van der Waals surface area contributed by atoms with Gasteiger partial charge in [-0.2, -0.15) is 8.78 Å². The van der Waals surface area contributed by atoms with Gasteiger partial charge in [-0.1, -0.05) is 24.3 Å². The number of nitrogens with one attached hydrogen (secondary N) is 1. The van der Waals surface area contributed by atoms with E-state index in [1.165, 1.54) is 30.3 Å². The van der Waals surface area contributed by atoms with Crippen molar-refractivity contribution in [1.29, 1.82) is 0 Å². The molecule has 1 N–H and O–H groups in total. The van der Waals surface area contributed by atoms with E-state index in [0.717, 1.165) is 18.2 Å². The molecule has 2 aromatic carbocycles. The fourth-order valence-electron chi connectivity index (χ4n) is 1.78. The molecule has 0 saturated carbocycles. The number of benzene rings is 2. The largest absolute Gasteiger partial charge is 0.433 e. The zero-order chi connectivity index (χ0) is 17.0. The number of sulfonamides is 1. The van der Waals surface area contributed by atoms with Crippen LogP contribution in [0.25, 0.3) is 0 Å². The maximum absolute atomic E-state index is 12.3. The standard InChI is InChI=1S/C13H10F2N2O5S/c14-13(15)22-11-7-3-1-5-9(11)16-23(20,21)12-8-4-2-6-10(12)17(18)19/h1-8,13,16H. The van der Waals surface area contributed by atoms with Crippen LogP contribution in [0.5, 0.6) is 5.75 Å². The van der Waals surface area contributed by atoms with Gasteiger partial charge in [-0.25, -0.2) is 8.42 Å². The molecule has 7 nitrogen and oxygen atoms in total. The van der Waals surface area contributed by atoms with Crippen LogP contribution in [-0.4, -0.2) is 20.0 Å². The van der Waals surface area contributed by atoms with Gasteiger partial charge in [0.2, 0.25) is 0 Å². The summed E-state index contributed by atoms with van der Waals surface area (Å²) in [5, 5.41) is 10.9. The van der Waals surface area contributed by atoms with E-state index in [0.29, 0.717) is 0 Å². The smallest absolute Gasteiger partial charge is 0.387 e. The molecule has 0 aliphatic rings. The topological polar surface area (TPSA) is 98.5 Å². The second kappa shape index (κ2) is 6.57. The van der Waals surface area contributed by atoms with E-state index >= 15 is 0 Å². The molecule has 0 amide bonds. The summed E-state index contributed by atoms with van der Waals surface area (Å²) in [6.45, 7) is -3.15. The average Bonchev–Trinajstić information content (AvgIpc) is 2.48. The number of nitro groups is 1. The van der Waals surface area contributed by atoms with E-state index < -0.39 is 37.9 Å². The fourth-order valence-corrected chi connectivity index (χ4v) is 3.03. The van der Waals surface area contributed by atoms with Gasteiger partial charge in [-0.3, -0.25) is 14.8 Å². The van der Waals surface area contributed by atoms with Crippen molar-refractivity contribution in [1.82, 2.24) is 0 Å². The van der Waals surface area contributed by atoms with Crippen molar-refractivity contribution in [3.8, 4) is 5.75 Å². The number of nitrogens with zero attached hydrogens (tertiary/aromatic N) is 1. The number of hydrogen-bond donors (Lipinski definition) is 1. The molecular formula is C13H10F2N2O5S. The Labute approximate surface area is 129 Å². The molecule has 0 fully saturated rings. The van der Waals surface area contributed by atoms with Crippen LogP contribution >= 0.6 is 0 Å². The summed E-state index contributed by atoms with van der Waals surface area (Å²) >= 11 is 0. The van der Waals surface area contributed by atoms with E-state index in [4.69, 9.17) is 0 Å². The van der Waals surface area contributed by atoms with Crippen molar-refractivity contribution >= 4 is 21.4 Å². The zero-order valence-corrected chi connectivity index (χ0v) is 12.2. The van der Waals surface area contributed by atoms with Crippen LogP contribution in [0.2, 0.25) is 0 Å². The SMILES string of the molecule is O=[N+]([O-])c1ccccc1S(=O)(=O)Nc1ccccc1OC(F)F. The van der Waals surface area contributed by atoms with Crippen LogP contribution in [0.1, 0.15) is 0 Å². The highest BCUT2D eigenvalue weighted by Gasteiger charge is 2.26. The highest BCUT2D eigenvalue weighted by atomic mass is 32.2. The van der Waals surface area contributed by atoms with E-state index in [1.54, 1.807) is 0 Å².